The highest BCUT2D eigenvalue weighted by Gasteiger charge is 2.18. The van der Waals surface area contributed by atoms with E-state index in [2.05, 4.69) is 9.97 Å². The molecule has 0 fully saturated rings. The van der Waals surface area contributed by atoms with Gasteiger partial charge in [-0.15, -0.1) is 11.3 Å². The molecule has 0 aliphatic rings. The average Bonchev–Trinajstić information content (AvgIpc) is 2.78. The SMILES string of the molecule is NC(C(=O)O)c1csc(-c2ccc(F)cn2)n1. The summed E-state index contributed by atoms with van der Waals surface area (Å²) in [4.78, 5) is 18.6. The number of halogens is 1. The largest absolute Gasteiger partial charge is 0.480 e. The first-order chi connectivity index (χ1) is 8.08. The molecule has 0 radical (unpaired) electrons. The molecule has 0 aliphatic carbocycles. The van der Waals surface area contributed by atoms with Crippen molar-refractivity contribution in [3.63, 3.8) is 0 Å². The zero-order valence-corrected chi connectivity index (χ0v) is 9.32. The number of aliphatic carboxylic acids is 1. The molecule has 0 spiro atoms. The van der Waals surface area contributed by atoms with Gasteiger partial charge in [0.05, 0.1) is 17.6 Å². The van der Waals surface area contributed by atoms with Crippen LogP contribution in [-0.2, 0) is 4.79 Å². The molecule has 0 bridgehead atoms. The Labute approximate surface area is 99.8 Å². The fraction of sp³-hybridized carbons (Fsp3) is 0.100. The van der Waals surface area contributed by atoms with E-state index < -0.39 is 17.8 Å². The van der Waals surface area contributed by atoms with Gasteiger partial charge in [-0.05, 0) is 12.1 Å². The first-order valence-corrected chi connectivity index (χ1v) is 5.51. The molecule has 2 heterocycles. The number of pyridine rings is 1. The van der Waals surface area contributed by atoms with Crippen LogP contribution in [0.25, 0.3) is 10.7 Å². The number of nitrogens with two attached hydrogens (primary N) is 1. The minimum Gasteiger partial charge on any atom is -0.480 e. The van der Waals surface area contributed by atoms with Gasteiger partial charge in [0.25, 0.3) is 0 Å². The zero-order valence-electron chi connectivity index (χ0n) is 8.50. The molecule has 2 aromatic rings. The van der Waals surface area contributed by atoms with Crippen molar-refractivity contribution in [2.45, 2.75) is 6.04 Å². The molecular weight excluding hydrogens is 245 g/mol. The van der Waals surface area contributed by atoms with Gasteiger partial charge in [-0.2, -0.15) is 0 Å². The third-order valence-corrected chi connectivity index (χ3v) is 2.94. The Morgan fingerprint density at radius 3 is 2.88 bits per heavy atom. The van der Waals surface area contributed by atoms with Gasteiger partial charge in [-0.1, -0.05) is 0 Å². The van der Waals surface area contributed by atoms with Crippen LogP contribution >= 0.6 is 11.3 Å². The molecule has 0 saturated carbocycles. The summed E-state index contributed by atoms with van der Waals surface area (Å²) < 4.78 is 12.7. The Kier molecular flexibility index (Phi) is 3.12. The average molecular weight is 253 g/mol. The van der Waals surface area contributed by atoms with Crippen molar-refractivity contribution < 1.29 is 14.3 Å². The normalized spacial score (nSPS) is 12.4. The van der Waals surface area contributed by atoms with E-state index in [0.717, 1.165) is 6.20 Å². The molecule has 7 heteroatoms. The van der Waals surface area contributed by atoms with Crippen molar-refractivity contribution in [3.05, 3.63) is 35.2 Å². The van der Waals surface area contributed by atoms with Crippen LogP contribution in [0.4, 0.5) is 4.39 Å². The van der Waals surface area contributed by atoms with E-state index >= 15 is 0 Å². The number of hydrogen-bond donors (Lipinski definition) is 2. The van der Waals surface area contributed by atoms with E-state index in [1.54, 1.807) is 5.38 Å². The highest BCUT2D eigenvalue weighted by molar-refractivity contribution is 7.13. The van der Waals surface area contributed by atoms with Gasteiger partial charge in [0.1, 0.15) is 16.9 Å². The van der Waals surface area contributed by atoms with Crippen LogP contribution in [-0.4, -0.2) is 21.0 Å². The van der Waals surface area contributed by atoms with Crippen molar-refractivity contribution in [3.8, 4) is 10.7 Å². The number of rotatable bonds is 3. The van der Waals surface area contributed by atoms with Crippen molar-refractivity contribution in [1.82, 2.24) is 9.97 Å². The fourth-order valence-electron chi connectivity index (χ4n) is 1.18. The molecule has 0 amide bonds. The van der Waals surface area contributed by atoms with Gasteiger partial charge in [0, 0.05) is 5.38 Å². The predicted molar refractivity (Wildman–Crippen MR) is 59.9 cm³/mol. The maximum absolute atomic E-state index is 12.7. The minimum atomic E-state index is -1.15. The Bertz CT molecular complexity index is 541. The van der Waals surface area contributed by atoms with Gasteiger partial charge < -0.3 is 10.8 Å². The fourth-order valence-corrected chi connectivity index (χ4v) is 2.01. The zero-order chi connectivity index (χ0) is 12.4. The number of nitrogens with zero attached hydrogens (tertiary/aromatic N) is 2. The van der Waals surface area contributed by atoms with E-state index in [0.29, 0.717) is 10.7 Å². The molecule has 17 heavy (non-hydrogen) atoms. The molecule has 0 aliphatic heterocycles. The first kappa shape index (κ1) is 11.6. The number of aromatic nitrogens is 2. The van der Waals surface area contributed by atoms with Crippen molar-refractivity contribution in [2.24, 2.45) is 5.73 Å². The van der Waals surface area contributed by atoms with Gasteiger partial charge in [0.2, 0.25) is 0 Å². The molecular formula is C10H8FN3O2S. The monoisotopic (exact) mass is 253 g/mol. The second-order valence-corrected chi connectivity index (χ2v) is 4.11. The van der Waals surface area contributed by atoms with Gasteiger partial charge in [-0.25, -0.2) is 9.37 Å². The molecule has 1 unspecified atom stereocenters. The maximum Gasteiger partial charge on any atom is 0.326 e. The summed E-state index contributed by atoms with van der Waals surface area (Å²) in [7, 11) is 0. The first-order valence-electron chi connectivity index (χ1n) is 4.63. The summed E-state index contributed by atoms with van der Waals surface area (Å²) in [6, 6.07) is 1.59. The lowest BCUT2D eigenvalue weighted by atomic mass is 10.2. The Morgan fingerprint density at radius 2 is 2.29 bits per heavy atom. The third-order valence-electron chi connectivity index (χ3n) is 2.05. The lowest BCUT2D eigenvalue weighted by Crippen LogP contribution is -2.20. The summed E-state index contributed by atoms with van der Waals surface area (Å²) in [5.41, 5.74) is 6.17. The number of carboxylic acid groups (broad SMARTS) is 1. The number of carboxylic acids is 1. The Balaban J connectivity index is 2.29. The molecule has 5 nitrogen and oxygen atoms in total. The van der Waals surface area contributed by atoms with Crippen LogP contribution in [0.2, 0.25) is 0 Å². The quantitative estimate of drug-likeness (QED) is 0.863. The second kappa shape index (κ2) is 4.56. The topological polar surface area (TPSA) is 89.1 Å². The minimum absolute atomic E-state index is 0.267. The maximum atomic E-state index is 12.7. The van der Waals surface area contributed by atoms with Crippen molar-refractivity contribution in [2.75, 3.05) is 0 Å². The molecule has 0 aromatic carbocycles. The summed E-state index contributed by atoms with van der Waals surface area (Å²) in [6.07, 6.45) is 1.08. The van der Waals surface area contributed by atoms with E-state index in [9.17, 15) is 9.18 Å². The highest BCUT2D eigenvalue weighted by atomic mass is 32.1. The van der Waals surface area contributed by atoms with E-state index in [1.807, 2.05) is 0 Å². The molecule has 2 rings (SSSR count). The smallest absolute Gasteiger partial charge is 0.326 e. The molecule has 0 saturated heterocycles. The number of carbonyl (C=O) groups is 1. The lowest BCUT2D eigenvalue weighted by molar-refractivity contribution is -0.138. The Morgan fingerprint density at radius 1 is 1.53 bits per heavy atom. The number of hydrogen-bond acceptors (Lipinski definition) is 5. The molecule has 2 aromatic heterocycles. The number of thiazole rings is 1. The summed E-state index contributed by atoms with van der Waals surface area (Å²) in [5, 5.41) is 10.8. The summed E-state index contributed by atoms with van der Waals surface area (Å²) in [5.74, 6) is -1.58. The van der Waals surface area contributed by atoms with Crippen LogP contribution in [0.5, 0.6) is 0 Å². The Hall–Kier alpha value is -1.86. The van der Waals surface area contributed by atoms with Crippen LogP contribution in [0.1, 0.15) is 11.7 Å². The molecule has 1 atom stereocenters. The van der Waals surface area contributed by atoms with Crippen LogP contribution in [0, 0.1) is 5.82 Å². The van der Waals surface area contributed by atoms with Crippen molar-refractivity contribution in [1.29, 1.82) is 0 Å². The van der Waals surface area contributed by atoms with Gasteiger partial charge in [-0.3, -0.25) is 9.78 Å². The standard InChI is InChI=1S/C10H8FN3O2S/c11-5-1-2-6(13-3-5)9-14-7(4-17-9)8(12)10(15)16/h1-4,8H,12H2,(H,15,16). The molecule has 3 N–H and O–H groups in total. The lowest BCUT2D eigenvalue weighted by Gasteiger charge is -2.00. The third kappa shape index (κ3) is 2.45. The summed E-state index contributed by atoms with van der Waals surface area (Å²) >= 11 is 1.21. The molecule has 88 valence electrons. The van der Waals surface area contributed by atoms with Crippen LogP contribution in [0.15, 0.2) is 23.7 Å². The van der Waals surface area contributed by atoms with Gasteiger partial charge >= 0.3 is 5.97 Å². The van der Waals surface area contributed by atoms with E-state index in [-0.39, 0.29) is 5.69 Å². The van der Waals surface area contributed by atoms with Gasteiger partial charge in [0.15, 0.2) is 0 Å². The van der Waals surface area contributed by atoms with Crippen molar-refractivity contribution >= 4 is 17.3 Å². The highest BCUT2D eigenvalue weighted by Crippen LogP contribution is 2.24. The van der Waals surface area contributed by atoms with E-state index in [4.69, 9.17) is 10.8 Å². The van der Waals surface area contributed by atoms with E-state index in [1.165, 1.54) is 23.5 Å². The van der Waals surface area contributed by atoms with Crippen LogP contribution in [0.3, 0.4) is 0 Å². The second-order valence-electron chi connectivity index (χ2n) is 3.26. The predicted octanol–water partition coefficient (Wildman–Crippen LogP) is 1.43. The van der Waals surface area contributed by atoms with Crippen LogP contribution < -0.4 is 5.73 Å². The summed E-state index contributed by atoms with van der Waals surface area (Å²) in [6.45, 7) is 0.